The number of carboxylic acid groups (broad SMARTS) is 2. The molecule has 0 aromatic heterocycles. The molecule has 0 aromatic carbocycles. The predicted octanol–water partition coefficient (Wildman–Crippen LogP) is -0.960. The van der Waals surface area contributed by atoms with Crippen molar-refractivity contribution in [2.45, 2.75) is 51.1 Å². The van der Waals surface area contributed by atoms with Crippen LogP contribution in [0.1, 0.15) is 39.5 Å². The van der Waals surface area contributed by atoms with Crippen molar-refractivity contribution in [1.82, 2.24) is 0 Å². The van der Waals surface area contributed by atoms with E-state index in [1.807, 2.05) is 0 Å². The molecule has 0 aliphatic rings. The minimum absolute atomic E-state index is 0.0129. The average molecular weight is 305 g/mol. The van der Waals surface area contributed by atoms with Crippen molar-refractivity contribution >= 4 is 17.9 Å². The fourth-order valence-electron chi connectivity index (χ4n) is 1.20. The van der Waals surface area contributed by atoms with E-state index < -0.39 is 23.5 Å². The highest BCUT2D eigenvalue weighted by Crippen LogP contribution is 2.10. The van der Waals surface area contributed by atoms with E-state index in [-0.39, 0.29) is 5.96 Å². The number of guanidine groups is 1. The first-order chi connectivity index (χ1) is 9.60. The molecule has 0 saturated carbocycles. The third kappa shape index (κ3) is 10.6. The number of aliphatic carboxylic acids is 2. The molecule has 0 radical (unpaired) electrons. The van der Waals surface area contributed by atoms with Gasteiger partial charge >= 0.3 is 11.9 Å². The number of nitrogens with zero attached hydrogens (tertiary/aromatic N) is 1. The predicted molar refractivity (Wildman–Crippen MR) is 80.7 cm³/mol. The fourth-order valence-corrected chi connectivity index (χ4v) is 1.20. The average Bonchev–Trinajstić information content (AvgIpc) is 2.42. The van der Waals surface area contributed by atoms with Crippen LogP contribution in [-0.2, 0) is 9.59 Å². The van der Waals surface area contributed by atoms with E-state index in [2.05, 4.69) is 4.99 Å². The number of rotatable bonds is 8. The van der Waals surface area contributed by atoms with Crippen LogP contribution in [-0.4, -0.2) is 46.2 Å². The molecule has 0 aliphatic carbocycles. The number of carbonyl (C=O) groups is 2. The Morgan fingerprint density at radius 3 is 1.90 bits per heavy atom. The molecule has 0 heterocycles. The van der Waals surface area contributed by atoms with E-state index in [0.717, 1.165) is 0 Å². The molecule has 0 fully saturated rings. The summed E-state index contributed by atoms with van der Waals surface area (Å²) in [6, 6.07) is -0.820. The quantitative estimate of drug-likeness (QED) is 0.187. The second-order valence-electron chi connectivity index (χ2n) is 4.56. The molecule has 0 bridgehead atoms. The van der Waals surface area contributed by atoms with Gasteiger partial charge in [0.2, 0.25) is 0 Å². The van der Waals surface area contributed by atoms with Crippen LogP contribution in [0.15, 0.2) is 4.99 Å². The number of hydrogen-bond donors (Lipinski definition) is 6. The van der Waals surface area contributed by atoms with Crippen LogP contribution >= 0.6 is 0 Å². The van der Waals surface area contributed by atoms with Crippen molar-refractivity contribution < 1.29 is 19.8 Å². The molecule has 0 saturated heterocycles. The summed E-state index contributed by atoms with van der Waals surface area (Å²) < 4.78 is 0. The van der Waals surface area contributed by atoms with E-state index in [0.29, 0.717) is 32.2 Å². The number of carboxylic acids is 2. The molecule has 21 heavy (non-hydrogen) atoms. The van der Waals surface area contributed by atoms with Crippen LogP contribution in [0.4, 0.5) is 0 Å². The second-order valence-corrected chi connectivity index (χ2v) is 4.56. The van der Waals surface area contributed by atoms with Crippen LogP contribution in [0.3, 0.4) is 0 Å². The summed E-state index contributed by atoms with van der Waals surface area (Å²) in [4.78, 5) is 24.3. The molecule has 1 atom stereocenters. The monoisotopic (exact) mass is 305 g/mol. The zero-order valence-corrected chi connectivity index (χ0v) is 12.6. The fraction of sp³-hybridized carbons (Fsp3) is 0.750. The van der Waals surface area contributed by atoms with Crippen LogP contribution < -0.4 is 22.9 Å². The normalized spacial score (nSPS) is 11.8. The van der Waals surface area contributed by atoms with Crippen LogP contribution in [0.25, 0.3) is 0 Å². The molecule has 0 spiro atoms. The third-order valence-corrected chi connectivity index (χ3v) is 2.97. The van der Waals surface area contributed by atoms with Crippen molar-refractivity contribution in [2.24, 2.45) is 27.9 Å². The van der Waals surface area contributed by atoms with Gasteiger partial charge in [0.05, 0.1) is 0 Å². The molecule has 9 heteroatoms. The Hall–Kier alpha value is -1.87. The van der Waals surface area contributed by atoms with Gasteiger partial charge in [0.15, 0.2) is 5.96 Å². The van der Waals surface area contributed by atoms with Crippen molar-refractivity contribution in [3.05, 3.63) is 0 Å². The first kappa shape index (κ1) is 21.4. The molecule has 0 rings (SSSR count). The van der Waals surface area contributed by atoms with Gasteiger partial charge in [-0.1, -0.05) is 13.8 Å². The molecule has 124 valence electrons. The summed E-state index contributed by atoms with van der Waals surface area (Å²) in [5.41, 5.74) is 19.8. The van der Waals surface area contributed by atoms with Crippen LogP contribution in [0.5, 0.6) is 0 Å². The minimum Gasteiger partial charge on any atom is -0.480 e. The van der Waals surface area contributed by atoms with Crippen molar-refractivity contribution in [1.29, 1.82) is 0 Å². The van der Waals surface area contributed by atoms with Crippen molar-refractivity contribution in [3.8, 4) is 0 Å². The van der Waals surface area contributed by atoms with Gasteiger partial charge in [-0.3, -0.25) is 14.6 Å². The minimum atomic E-state index is -1.00. The van der Waals surface area contributed by atoms with Gasteiger partial charge in [0.1, 0.15) is 11.6 Å². The van der Waals surface area contributed by atoms with Crippen molar-refractivity contribution in [2.75, 3.05) is 6.54 Å². The summed E-state index contributed by atoms with van der Waals surface area (Å²) in [5, 5.41) is 16.9. The smallest absolute Gasteiger partial charge is 0.323 e. The largest absolute Gasteiger partial charge is 0.480 e. The summed E-state index contributed by atoms with van der Waals surface area (Å²) >= 11 is 0. The van der Waals surface area contributed by atoms with E-state index in [1.54, 1.807) is 13.8 Å². The van der Waals surface area contributed by atoms with E-state index >= 15 is 0 Å². The number of aliphatic imine (C=N–C) groups is 1. The lowest BCUT2D eigenvalue weighted by molar-refractivity contribution is -0.143. The van der Waals surface area contributed by atoms with Gasteiger partial charge in [-0.05, 0) is 25.7 Å². The zero-order chi connectivity index (χ0) is 17.1. The summed E-state index contributed by atoms with van der Waals surface area (Å²) in [5.74, 6) is -1.90. The first-order valence-corrected chi connectivity index (χ1v) is 6.66. The molecule has 0 aromatic rings. The Labute approximate surface area is 124 Å². The van der Waals surface area contributed by atoms with E-state index in [4.69, 9.17) is 33.1 Å². The lowest BCUT2D eigenvalue weighted by atomic mass is 9.95. The summed E-state index contributed by atoms with van der Waals surface area (Å²) in [6.45, 7) is 3.97. The molecule has 0 amide bonds. The first-order valence-electron chi connectivity index (χ1n) is 6.66. The van der Waals surface area contributed by atoms with Crippen LogP contribution in [0, 0.1) is 0 Å². The zero-order valence-electron chi connectivity index (χ0n) is 12.6. The van der Waals surface area contributed by atoms with Gasteiger partial charge < -0.3 is 33.1 Å². The maximum absolute atomic E-state index is 10.4. The Morgan fingerprint density at radius 1 is 1.19 bits per heavy atom. The molecule has 0 unspecified atom stereocenters. The van der Waals surface area contributed by atoms with E-state index in [9.17, 15) is 9.59 Å². The van der Waals surface area contributed by atoms with Gasteiger partial charge in [0.25, 0.3) is 0 Å². The third-order valence-electron chi connectivity index (χ3n) is 2.97. The van der Waals surface area contributed by atoms with Gasteiger partial charge in [0, 0.05) is 6.54 Å². The number of nitrogens with two attached hydrogens (primary N) is 4. The Bertz CT molecular complexity index is 352. The Balaban J connectivity index is 0. The highest BCUT2D eigenvalue weighted by molar-refractivity contribution is 5.78. The summed E-state index contributed by atoms with van der Waals surface area (Å²) in [6.07, 6.45) is 1.93. The number of hydrogen-bond acceptors (Lipinski definition) is 5. The Kier molecular flexibility index (Phi) is 11.1. The molecular weight excluding hydrogens is 278 g/mol. The standard InChI is InChI=1S/C6H14N4O2.C6H13NO2/c7-4(5(11)12)2-1-3-10-6(8)9;1-3-6(7,4-2)5(8)9/h4H,1-3,7H2,(H,11,12)(H4,8,9,10);3-4,7H2,1-2H3,(H,8,9)/t4-;/m0./s1. The summed E-state index contributed by atoms with van der Waals surface area (Å²) in [7, 11) is 0. The highest BCUT2D eigenvalue weighted by atomic mass is 16.4. The lowest BCUT2D eigenvalue weighted by Gasteiger charge is -2.19. The van der Waals surface area contributed by atoms with Gasteiger partial charge in [-0.2, -0.15) is 0 Å². The van der Waals surface area contributed by atoms with Gasteiger partial charge in [-0.25, -0.2) is 0 Å². The second kappa shape index (κ2) is 10.9. The Morgan fingerprint density at radius 2 is 1.67 bits per heavy atom. The maximum atomic E-state index is 10.4. The molecular formula is C12H27N5O4. The lowest BCUT2D eigenvalue weighted by Crippen LogP contribution is -2.46. The molecule has 9 nitrogen and oxygen atoms in total. The van der Waals surface area contributed by atoms with E-state index in [1.165, 1.54) is 0 Å². The highest BCUT2D eigenvalue weighted by Gasteiger charge is 2.28. The van der Waals surface area contributed by atoms with Crippen molar-refractivity contribution in [3.63, 3.8) is 0 Å². The van der Waals surface area contributed by atoms with Crippen LogP contribution in [0.2, 0.25) is 0 Å². The maximum Gasteiger partial charge on any atom is 0.323 e. The SMILES string of the molecule is CCC(N)(CC)C(=O)O.NC(N)=NCCC[C@H](N)C(=O)O. The molecule has 0 aliphatic heterocycles. The molecule has 10 N–H and O–H groups in total. The van der Waals surface area contributed by atoms with Gasteiger partial charge in [-0.15, -0.1) is 0 Å². The topological polar surface area (TPSA) is 191 Å².